The summed E-state index contributed by atoms with van der Waals surface area (Å²) in [5, 5.41) is -0.219. The highest BCUT2D eigenvalue weighted by molar-refractivity contribution is 7.99. The molecule has 0 aliphatic carbocycles. The highest BCUT2D eigenvalue weighted by atomic mass is 32.2. The Balaban J connectivity index is 1.98. The molecule has 5 heteroatoms. The molecule has 0 aliphatic rings. The summed E-state index contributed by atoms with van der Waals surface area (Å²) >= 11 is 1.56. The van der Waals surface area contributed by atoms with Gasteiger partial charge in [-0.25, -0.2) is 8.78 Å². The molecule has 2 aromatic rings. The van der Waals surface area contributed by atoms with Crippen molar-refractivity contribution in [3.05, 3.63) is 71.3 Å². The van der Waals surface area contributed by atoms with Crippen LogP contribution in [0.15, 0.2) is 48.5 Å². The quantitative estimate of drug-likeness (QED) is 0.746. The molecule has 0 aliphatic heterocycles. The summed E-state index contributed by atoms with van der Waals surface area (Å²) in [6.07, 6.45) is 0. The first-order valence-electron chi connectivity index (χ1n) is 7.77. The van der Waals surface area contributed by atoms with E-state index in [1.54, 1.807) is 30.6 Å². The fraction of sp³-hybridized carbons (Fsp3) is 0.316. The highest BCUT2D eigenvalue weighted by Gasteiger charge is 2.23. The van der Waals surface area contributed by atoms with Crippen molar-refractivity contribution in [1.82, 2.24) is 4.90 Å². The van der Waals surface area contributed by atoms with Crippen molar-refractivity contribution in [2.45, 2.75) is 30.9 Å². The van der Waals surface area contributed by atoms with E-state index in [2.05, 4.69) is 0 Å². The van der Waals surface area contributed by atoms with Gasteiger partial charge in [-0.1, -0.05) is 36.4 Å². The second-order valence-electron chi connectivity index (χ2n) is 5.74. The molecule has 2 rings (SSSR count). The fourth-order valence-electron chi connectivity index (χ4n) is 2.34. The molecule has 2 aromatic carbocycles. The fourth-order valence-corrected chi connectivity index (χ4v) is 3.28. The zero-order chi connectivity index (χ0) is 17.7. The number of amides is 1. The summed E-state index contributed by atoms with van der Waals surface area (Å²) < 4.78 is 26.4. The van der Waals surface area contributed by atoms with Gasteiger partial charge in [0, 0.05) is 12.8 Å². The predicted octanol–water partition coefficient (Wildman–Crippen LogP) is 4.81. The van der Waals surface area contributed by atoms with E-state index in [1.165, 1.54) is 11.6 Å². The maximum absolute atomic E-state index is 13.4. The van der Waals surface area contributed by atoms with Crippen molar-refractivity contribution in [2.24, 2.45) is 0 Å². The lowest BCUT2D eigenvalue weighted by Crippen LogP contribution is -2.35. The monoisotopic (exact) mass is 349 g/mol. The summed E-state index contributed by atoms with van der Waals surface area (Å²) in [6.45, 7) is 3.67. The summed E-state index contributed by atoms with van der Waals surface area (Å²) in [6, 6.07) is 13.4. The third-order valence-corrected chi connectivity index (χ3v) is 5.25. The van der Waals surface area contributed by atoms with Crippen LogP contribution in [-0.2, 0) is 10.5 Å². The highest BCUT2D eigenvalue weighted by Crippen LogP contribution is 2.25. The van der Waals surface area contributed by atoms with Crippen LogP contribution in [-0.4, -0.2) is 23.1 Å². The molecule has 0 heterocycles. The van der Waals surface area contributed by atoms with Crippen molar-refractivity contribution < 1.29 is 13.6 Å². The lowest BCUT2D eigenvalue weighted by Gasteiger charge is -2.28. The number of thioether (sulfide) groups is 1. The van der Waals surface area contributed by atoms with Crippen LogP contribution in [0.25, 0.3) is 0 Å². The first-order chi connectivity index (χ1) is 11.4. The molecule has 0 bridgehead atoms. The van der Waals surface area contributed by atoms with E-state index in [0.717, 1.165) is 17.9 Å². The molecule has 0 N–H and O–H groups in total. The average molecular weight is 349 g/mol. The van der Waals surface area contributed by atoms with E-state index in [0.29, 0.717) is 5.56 Å². The zero-order valence-electron chi connectivity index (χ0n) is 14.0. The van der Waals surface area contributed by atoms with Crippen molar-refractivity contribution in [1.29, 1.82) is 0 Å². The Morgan fingerprint density at radius 2 is 1.75 bits per heavy atom. The summed E-state index contributed by atoms with van der Waals surface area (Å²) in [4.78, 5) is 14.1. The lowest BCUT2D eigenvalue weighted by atomic mass is 10.1. The van der Waals surface area contributed by atoms with Gasteiger partial charge in [0.15, 0.2) is 11.6 Å². The molecular weight excluding hydrogens is 328 g/mol. The lowest BCUT2D eigenvalue weighted by molar-refractivity contribution is -0.130. The third kappa shape index (κ3) is 4.57. The topological polar surface area (TPSA) is 20.3 Å². The molecule has 2 atom stereocenters. The van der Waals surface area contributed by atoms with Gasteiger partial charge in [0.25, 0.3) is 0 Å². The number of carbonyl (C=O) groups is 1. The first kappa shape index (κ1) is 18.5. The minimum Gasteiger partial charge on any atom is -0.338 e. The molecule has 0 radical (unpaired) electrons. The van der Waals surface area contributed by atoms with E-state index in [-0.39, 0.29) is 17.2 Å². The Hall–Kier alpha value is -1.88. The Bertz CT molecular complexity index is 693. The Labute approximate surface area is 145 Å². The van der Waals surface area contributed by atoms with Gasteiger partial charge in [-0.15, -0.1) is 11.8 Å². The molecule has 2 unspecified atom stereocenters. The zero-order valence-corrected chi connectivity index (χ0v) is 14.8. The predicted molar refractivity (Wildman–Crippen MR) is 94.7 cm³/mol. The largest absolute Gasteiger partial charge is 0.338 e. The van der Waals surface area contributed by atoms with Crippen LogP contribution in [0.4, 0.5) is 8.78 Å². The third-order valence-electron chi connectivity index (χ3n) is 4.05. The molecule has 1 amide bonds. The van der Waals surface area contributed by atoms with Crippen molar-refractivity contribution in [3.63, 3.8) is 0 Å². The number of benzene rings is 2. The number of rotatable bonds is 6. The van der Waals surface area contributed by atoms with Crippen LogP contribution in [0.5, 0.6) is 0 Å². The Morgan fingerprint density at radius 1 is 1.08 bits per heavy atom. The average Bonchev–Trinajstić information content (AvgIpc) is 2.61. The molecule has 0 aromatic heterocycles. The summed E-state index contributed by atoms with van der Waals surface area (Å²) in [5.74, 6) is -1.06. The second-order valence-corrected chi connectivity index (χ2v) is 7.07. The number of halogens is 2. The van der Waals surface area contributed by atoms with Crippen molar-refractivity contribution in [3.8, 4) is 0 Å². The van der Waals surface area contributed by atoms with Crippen LogP contribution in [0.3, 0.4) is 0 Å². The van der Waals surface area contributed by atoms with Gasteiger partial charge >= 0.3 is 0 Å². The standard InChI is InChI=1S/C19H21F2NOS/c1-13(16-9-10-17(20)18(21)11-16)22(3)19(23)14(2)24-12-15-7-5-4-6-8-15/h4-11,13-14H,12H2,1-3H3. The molecule has 2 nitrogen and oxygen atoms in total. The van der Waals surface area contributed by atoms with Crippen LogP contribution in [0.1, 0.15) is 31.0 Å². The molecular formula is C19H21F2NOS. The molecule has 24 heavy (non-hydrogen) atoms. The van der Waals surface area contributed by atoms with E-state index >= 15 is 0 Å². The summed E-state index contributed by atoms with van der Waals surface area (Å²) in [7, 11) is 1.69. The molecule has 0 saturated heterocycles. The van der Waals surface area contributed by atoms with Gasteiger partial charge in [0.2, 0.25) is 5.91 Å². The van der Waals surface area contributed by atoms with Gasteiger partial charge in [-0.05, 0) is 37.1 Å². The smallest absolute Gasteiger partial charge is 0.235 e. The minimum absolute atomic E-state index is 0.0341. The molecule has 0 spiro atoms. The second kappa shape index (κ2) is 8.29. The normalized spacial score (nSPS) is 13.4. The maximum Gasteiger partial charge on any atom is 0.235 e. The number of nitrogens with zero attached hydrogens (tertiary/aromatic N) is 1. The molecule has 0 saturated carbocycles. The number of carbonyl (C=O) groups excluding carboxylic acids is 1. The first-order valence-corrected chi connectivity index (χ1v) is 8.82. The van der Waals surface area contributed by atoms with Crippen molar-refractivity contribution in [2.75, 3.05) is 7.05 Å². The van der Waals surface area contributed by atoms with Gasteiger partial charge in [0.05, 0.1) is 11.3 Å². The van der Waals surface area contributed by atoms with E-state index in [9.17, 15) is 13.6 Å². The SMILES string of the molecule is CC(SCc1ccccc1)C(=O)N(C)C(C)c1ccc(F)c(F)c1. The van der Waals surface area contributed by atoms with Crippen LogP contribution < -0.4 is 0 Å². The maximum atomic E-state index is 13.4. The van der Waals surface area contributed by atoms with Crippen LogP contribution in [0, 0.1) is 11.6 Å². The number of hydrogen-bond donors (Lipinski definition) is 0. The molecule has 0 fully saturated rings. The van der Waals surface area contributed by atoms with Gasteiger partial charge < -0.3 is 4.90 Å². The summed E-state index contributed by atoms with van der Waals surface area (Å²) in [5.41, 5.74) is 1.74. The van der Waals surface area contributed by atoms with E-state index < -0.39 is 11.6 Å². The minimum atomic E-state index is -0.897. The van der Waals surface area contributed by atoms with Gasteiger partial charge in [-0.2, -0.15) is 0 Å². The molecule has 128 valence electrons. The van der Waals surface area contributed by atoms with E-state index in [1.807, 2.05) is 37.3 Å². The Kier molecular flexibility index (Phi) is 6.37. The number of hydrogen-bond acceptors (Lipinski definition) is 2. The van der Waals surface area contributed by atoms with Gasteiger partial charge in [0.1, 0.15) is 0 Å². The van der Waals surface area contributed by atoms with Crippen LogP contribution in [0.2, 0.25) is 0 Å². The van der Waals surface area contributed by atoms with Crippen molar-refractivity contribution >= 4 is 17.7 Å². The Morgan fingerprint density at radius 3 is 2.38 bits per heavy atom. The van der Waals surface area contributed by atoms with Crippen LogP contribution >= 0.6 is 11.8 Å². The van der Waals surface area contributed by atoms with E-state index in [4.69, 9.17) is 0 Å². The van der Waals surface area contributed by atoms with Gasteiger partial charge in [-0.3, -0.25) is 4.79 Å².